The molecule has 0 bridgehead atoms. The number of nitrogens with one attached hydrogen (secondary N) is 1. The summed E-state index contributed by atoms with van der Waals surface area (Å²) in [6, 6.07) is 8.29. The monoisotopic (exact) mass is 346 g/mol. The first kappa shape index (κ1) is 19.6. The van der Waals surface area contributed by atoms with E-state index in [9.17, 15) is 4.79 Å². The van der Waals surface area contributed by atoms with Gasteiger partial charge in [-0.15, -0.1) is 0 Å². The van der Waals surface area contributed by atoms with Gasteiger partial charge in [0, 0.05) is 18.6 Å². The summed E-state index contributed by atoms with van der Waals surface area (Å²) in [6.07, 6.45) is 2.91. The van der Waals surface area contributed by atoms with Gasteiger partial charge in [-0.1, -0.05) is 39.0 Å². The molecule has 0 radical (unpaired) electrons. The van der Waals surface area contributed by atoms with Crippen LogP contribution in [0.3, 0.4) is 0 Å². The number of ether oxygens (including phenoxy) is 1. The lowest BCUT2D eigenvalue weighted by atomic mass is 9.82. The van der Waals surface area contributed by atoms with Gasteiger partial charge in [-0.3, -0.25) is 0 Å². The molecular weight excluding hydrogens is 312 g/mol. The van der Waals surface area contributed by atoms with Gasteiger partial charge in [0.1, 0.15) is 5.75 Å². The summed E-state index contributed by atoms with van der Waals surface area (Å²) in [5.41, 5.74) is 1.25. The van der Waals surface area contributed by atoms with Crippen molar-refractivity contribution in [2.45, 2.75) is 65.3 Å². The minimum Gasteiger partial charge on any atom is -0.496 e. The molecule has 0 aliphatic carbocycles. The van der Waals surface area contributed by atoms with Crippen LogP contribution in [-0.4, -0.2) is 36.7 Å². The van der Waals surface area contributed by atoms with Crippen LogP contribution in [0.5, 0.6) is 5.75 Å². The summed E-state index contributed by atoms with van der Waals surface area (Å²) in [7, 11) is 1.72. The van der Waals surface area contributed by atoms with Gasteiger partial charge in [0.15, 0.2) is 0 Å². The number of carbonyl (C=O) groups is 1. The first-order valence-corrected chi connectivity index (χ1v) is 9.31. The first-order chi connectivity index (χ1) is 11.6. The van der Waals surface area contributed by atoms with Gasteiger partial charge in [-0.05, 0) is 56.1 Å². The van der Waals surface area contributed by atoms with Crippen molar-refractivity contribution in [3.05, 3.63) is 29.8 Å². The average molecular weight is 347 g/mol. The van der Waals surface area contributed by atoms with Crippen LogP contribution in [0.25, 0.3) is 0 Å². The van der Waals surface area contributed by atoms with Crippen LogP contribution in [0.1, 0.15) is 65.4 Å². The summed E-state index contributed by atoms with van der Waals surface area (Å²) < 4.78 is 5.49. The average Bonchev–Trinajstić information content (AvgIpc) is 2.52. The number of amides is 2. The number of hydrogen-bond donors (Lipinski definition) is 1. The Bertz CT molecular complexity index is 582. The lowest BCUT2D eigenvalue weighted by Crippen LogP contribution is -2.52. The summed E-state index contributed by atoms with van der Waals surface area (Å²) >= 11 is 0. The second kappa shape index (κ2) is 7.67. The second-order valence-electron chi connectivity index (χ2n) is 9.05. The smallest absolute Gasteiger partial charge is 0.317 e. The number of methoxy groups -OCH3 is 1. The lowest BCUT2D eigenvalue weighted by molar-refractivity contribution is 0.161. The molecule has 1 aromatic rings. The summed E-state index contributed by atoms with van der Waals surface area (Å²) in [5.74, 6) is 1.42. The molecule has 0 spiro atoms. The fourth-order valence-electron chi connectivity index (χ4n) is 4.14. The molecule has 0 atom stereocenters. The van der Waals surface area contributed by atoms with E-state index < -0.39 is 0 Å². The normalized spacial score (nSPS) is 16.6. The maximum atomic E-state index is 12.7. The van der Waals surface area contributed by atoms with E-state index in [2.05, 4.69) is 52.1 Å². The fraction of sp³-hybridized carbons (Fsp3) is 0.667. The van der Waals surface area contributed by atoms with Crippen molar-refractivity contribution in [3.8, 4) is 5.75 Å². The number of carbonyl (C=O) groups excluding carboxylic acids is 1. The van der Waals surface area contributed by atoms with Crippen molar-refractivity contribution in [1.29, 1.82) is 0 Å². The Hall–Kier alpha value is -1.71. The highest BCUT2D eigenvalue weighted by Crippen LogP contribution is 2.34. The maximum absolute atomic E-state index is 12.7. The first-order valence-electron chi connectivity index (χ1n) is 9.31. The van der Waals surface area contributed by atoms with Crippen LogP contribution >= 0.6 is 0 Å². The lowest BCUT2D eigenvalue weighted by Gasteiger charge is -2.38. The highest BCUT2D eigenvalue weighted by atomic mass is 16.5. The zero-order valence-electron chi connectivity index (χ0n) is 16.7. The van der Waals surface area contributed by atoms with E-state index in [1.807, 2.05) is 17.0 Å². The quantitative estimate of drug-likeness (QED) is 0.851. The van der Waals surface area contributed by atoms with Gasteiger partial charge >= 0.3 is 6.03 Å². The van der Waals surface area contributed by atoms with Gasteiger partial charge in [-0.25, -0.2) is 4.79 Å². The van der Waals surface area contributed by atoms with E-state index in [0.717, 1.165) is 38.1 Å². The van der Waals surface area contributed by atoms with Gasteiger partial charge in [0.25, 0.3) is 0 Å². The largest absolute Gasteiger partial charge is 0.496 e. The molecule has 25 heavy (non-hydrogen) atoms. The highest BCUT2D eigenvalue weighted by Gasteiger charge is 2.31. The van der Waals surface area contributed by atoms with Crippen molar-refractivity contribution in [2.75, 3.05) is 20.2 Å². The van der Waals surface area contributed by atoms with Gasteiger partial charge < -0.3 is 15.0 Å². The summed E-state index contributed by atoms with van der Waals surface area (Å²) in [6.45, 7) is 12.4. The van der Waals surface area contributed by atoms with E-state index in [1.54, 1.807) is 7.11 Å². The molecule has 0 aromatic heterocycles. The van der Waals surface area contributed by atoms with Gasteiger partial charge in [0.05, 0.1) is 7.11 Å². The number of urea groups is 1. The molecule has 1 aliphatic heterocycles. The number of benzene rings is 1. The maximum Gasteiger partial charge on any atom is 0.317 e. The van der Waals surface area contributed by atoms with E-state index in [0.29, 0.717) is 5.92 Å². The minimum absolute atomic E-state index is 0.0627. The molecule has 1 aliphatic rings. The van der Waals surface area contributed by atoms with Gasteiger partial charge in [0.2, 0.25) is 0 Å². The van der Waals surface area contributed by atoms with Crippen molar-refractivity contribution in [3.63, 3.8) is 0 Å². The predicted molar refractivity (Wildman–Crippen MR) is 103 cm³/mol. The molecular formula is C21H34N2O2. The zero-order chi connectivity index (χ0) is 18.7. The third-order valence-electron chi connectivity index (χ3n) is 4.78. The van der Waals surface area contributed by atoms with Crippen molar-refractivity contribution in [1.82, 2.24) is 10.2 Å². The Morgan fingerprint density at radius 3 is 2.32 bits per heavy atom. The van der Waals surface area contributed by atoms with Crippen molar-refractivity contribution in [2.24, 2.45) is 5.41 Å². The molecule has 1 aromatic carbocycles. The van der Waals surface area contributed by atoms with Crippen LogP contribution in [-0.2, 0) is 0 Å². The Kier molecular flexibility index (Phi) is 6.02. The Balaban J connectivity index is 1.92. The Labute approximate surface area is 152 Å². The van der Waals surface area contributed by atoms with Crippen LogP contribution in [0.2, 0.25) is 0 Å². The number of para-hydroxylation sites is 1. The number of hydrogen-bond acceptors (Lipinski definition) is 2. The third-order valence-corrected chi connectivity index (χ3v) is 4.78. The number of piperidine rings is 1. The number of nitrogens with zero attached hydrogens (tertiary/aromatic N) is 1. The van der Waals surface area contributed by atoms with Gasteiger partial charge in [-0.2, -0.15) is 0 Å². The minimum atomic E-state index is -0.200. The second-order valence-corrected chi connectivity index (χ2v) is 9.05. The van der Waals surface area contributed by atoms with Crippen LogP contribution in [0.15, 0.2) is 24.3 Å². The molecule has 140 valence electrons. The molecule has 1 heterocycles. The van der Waals surface area contributed by atoms with Crippen LogP contribution < -0.4 is 10.1 Å². The Morgan fingerprint density at radius 2 is 1.76 bits per heavy atom. The molecule has 4 nitrogen and oxygen atoms in total. The SMILES string of the molecule is COc1ccccc1C1CCN(C(=O)NC(C)(C)CC(C)(C)C)CC1. The van der Waals surface area contributed by atoms with Crippen LogP contribution in [0, 0.1) is 5.41 Å². The summed E-state index contributed by atoms with van der Waals surface area (Å²) in [5, 5.41) is 3.22. The highest BCUT2D eigenvalue weighted by molar-refractivity contribution is 5.75. The molecule has 1 N–H and O–H groups in total. The van der Waals surface area contributed by atoms with Crippen LogP contribution in [0.4, 0.5) is 4.79 Å². The molecule has 2 amide bonds. The molecule has 1 saturated heterocycles. The topological polar surface area (TPSA) is 41.6 Å². The standard InChI is InChI=1S/C21H34N2O2/c1-20(2,3)15-21(4,5)22-19(24)23-13-11-16(12-14-23)17-9-7-8-10-18(17)25-6/h7-10,16H,11-15H2,1-6H3,(H,22,24). The van der Waals surface area contributed by atoms with E-state index in [-0.39, 0.29) is 17.0 Å². The number of rotatable bonds is 4. The predicted octanol–water partition coefficient (Wildman–Crippen LogP) is 4.80. The Morgan fingerprint density at radius 1 is 1.16 bits per heavy atom. The summed E-state index contributed by atoms with van der Waals surface area (Å²) in [4.78, 5) is 14.6. The van der Waals surface area contributed by atoms with E-state index >= 15 is 0 Å². The number of likely N-dealkylation sites (tertiary alicyclic amines) is 1. The molecule has 1 fully saturated rings. The van der Waals surface area contributed by atoms with Crippen molar-refractivity contribution < 1.29 is 9.53 Å². The van der Waals surface area contributed by atoms with Crippen molar-refractivity contribution >= 4 is 6.03 Å². The zero-order valence-corrected chi connectivity index (χ0v) is 16.7. The molecule has 0 unspecified atom stereocenters. The fourth-order valence-corrected chi connectivity index (χ4v) is 4.14. The van der Waals surface area contributed by atoms with E-state index in [1.165, 1.54) is 5.56 Å². The van der Waals surface area contributed by atoms with E-state index in [4.69, 9.17) is 4.74 Å². The molecule has 2 rings (SSSR count). The molecule has 4 heteroatoms. The third kappa shape index (κ3) is 5.65. The molecule has 0 saturated carbocycles.